The van der Waals surface area contributed by atoms with Gasteiger partial charge in [0, 0.05) is 10.9 Å². The minimum absolute atomic E-state index is 0.168. The molecule has 0 atom stereocenters. The molecule has 1 amide bonds. The number of nitrogens with one attached hydrogen (secondary N) is 1. The van der Waals surface area contributed by atoms with E-state index in [4.69, 9.17) is 13.9 Å². The molecule has 1 heterocycles. The van der Waals surface area contributed by atoms with E-state index in [0.29, 0.717) is 24.5 Å². The Morgan fingerprint density at radius 1 is 1.10 bits per heavy atom. The Labute approximate surface area is 179 Å². The molecule has 0 aliphatic heterocycles. The molecule has 0 spiro atoms. The van der Waals surface area contributed by atoms with Crippen molar-refractivity contribution in [2.45, 2.75) is 6.92 Å². The Kier molecular flexibility index (Phi) is 5.98. The van der Waals surface area contributed by atoms with Crippen LogP contribution in [0.15, 0.2) is 82.8 Å². The number of carbonyl (C=O) groups is 1. The average molecular weight is 414 g/mol. The summed E-state index contributed by atoms with van der Waals surface area (Å²) in [6.45, 7) is 6.54. The Hall–Kier alpha value is -4.06. The second-order valence-electron chi connectivity index (χ2n) is 6.74. The van der Waals surface area contributed by atoms with E-state index in [1.165, 1.54) is 0 Å². The summed E-state index contributed by atoms with van der Waals surface area (Å²) in [6, 6.07) is 18.8. The second kappa shape index (κ2) is 9.17. The summed E-state index contributed by atoms with van der Waals surface area (Å²) in [7, 11) is 0. The van der Waals surface area contributed by atoms with Gasteiger partial charge in [0.2, 0.25) is 0 Å². The van der Waals surface area contributed by atoms with Gasteiger partial charge in [0.15, 0.2) is 5.76 Å². The molecule has 6 heteroatoms. The van der Waals surface area contributed by atoms with Crippen molar-refractivity contribution in [3.63, 3.8) is 0 Å². The quantitative estimate of drug-likeness (QED) is 0.241. The van der Waals surface area contributed by atoms with Crippen molar-refractivity contribution in [3.8, 4) is 11.5 Å². The van der Waals surface area contributed by atoms with Gasteiger partial charge in [-0.05, 0) is 48.0 Å². The van der Waals surface area contributed by atoms with Crippen LogP contribution in [0.1, 0.15) is 23.0 Å². The molecule has 3 aromatic carbocycles. The highest BCUT2D eigenvalue weighted by Gasteiger charge is 2.13. The summed E-state index contributed by atoms with van der Waals surface area (Å²) in [5.74, 6) is 1.11. The van der Waals surface area contributed by atoms with Crippen molar-refractivity contribution in [1.82, 2.24) is 5.43 Å². The van der Waals surface area contributed by atoms with Crippen LogP contribution in [0.2, 0.25) is 0 Å². The van der Waals surface area contributed by atoms with Crippen LogP contribution < -0.4 is 14.9 Å². The van der Waals surface area contributed by atoms with Gasteiger partial charge < -0.3 is 13.9 Å². The van der Waals surface area contributed by atoms with Crippen LogP contribution in [0.25, 0.3) is 21.7 Å². The van der Waals surface area contributed by atoms with Crippen LogP contribution in [0.4, 0.5) is 0 Å². The van der Waals surface area contributed by atoms with Crippen molar-refractivity contribution in [2.75, 3.05) is 13.2 Å². The number of furan rings is 1. The van der Waals surface area contributed by atoms with Gasteiger partial charge in [-0.2, -0.15) is 5.10 Å². The van der Waals surface area contributed by atoms with Crippen LogP contribution >= 0.6 is 0 Å². The molecule has 1 N–H and O–H groups in total. The zero-order valence-corrected chi connectivity index (χ0v) is 17.1. The summed E-state index contributed by atoms with van der Waals surface area (Å²) < 4.78 is 16.9. The summed E-state index contributed by atoms with van der Waals surface area (Å²) in [6.07, 6.45) is 3.25. The number of nitrogens with zero attached hydrogens (tertiary/aromatic N) is 1. The Morgan fingerprint density at radius 3 is 2.81 bits per heavy atom. The maximum absolute atomic E-state index is 12.5. The molecule has 4 rings (SSSR count). The minimum atomic E-state index is -0.445. The minimum Gasteiger partial charge on any atom is -0.494 e. The Morgan fingerprint density at radius 2 is 1.97 bits per heavy atom. The number of hydrogen-bond donors (Lipinski definition) is 1. The van der Waals surface area contributed by atoms with Crippen molar-refractivity contribution in [3.05, 3.63) is 84.6 Å². The van der Waals surface area contributed by atoms with Crippen molar-refractivity contribution in [1.29, 1.82) is 0 Å². The fourth-order valence-corrected chi connectivity index (χ4v) is 3.28. The van der Waals surface area contributed by atoms with Crippen molar-refractivity contribution >= 4 is 33.9 Å². The van der Waals surface area contributed by atoms with Crippen LogP contribution in [-0.4, -0.2) is 25.3 Å². The molecule has 0 aliphatic rings. The van der Waals surface area contributed by atoms with E-state index in [-0.39, 0.29) is 5.76 Å². The Bertz CT molecular complexity index is 1270. The third-order valence-corrected chi connectivity index (χ3v) is 4.67. The van der Waals surface area contributed by atoms with Crippen LogP contribution in [-0.2, 0) is 0 Å². The molecule has 4 aromatic rings. The first-order valence-corrected chi connectivity index (χ1v) is 9.95. The summed E-state index contributed by atoms with van der Waals surface area (Å²) in [5, 5.41) is 6.94. The van der Waals surface area contributed by atoms with E-state index in [1.54, 1.807) is 30.5 Å². The maximum Gasteiger partial charge on any atom is 0.307 e. The zero-order valence-electron chi connectivity index (χ0n) is 17.1. The lowest BCUT2D eigenvalue weighted by atomic mass is 10.0. The second-order valence-corrected chi connectivity index (χ2v) is 6.74. The average Bonchev–Trinajstić information content (AvgIpc) is 3.22. The number of hydrogen-bond acceptors (Lipinski definition) is 5. The standard InChI is InChI=1S/C25H22N2O4/c1-3-13-30-23-11-9-17-7-5-6-8-20(17)21(23)16-26-27-25(28)24-15-18-14-19(29-4-2)10-12-22(18)31-24/h3,5-12,14-16H,1,4,13H2,2H3,(H,27,28)/b26-16+. The highest BCUT2D eigenvalue weighted by atomic mass is 16.5. The van der Waals surface area contributed by atoms with Gasteiger partial charge in [0.1, 0.15) is 23.7 Å². The fraction of sp³-hybridized carbons (Fsp3) is 0.120. The van der Waals surface area contributed by atoms with E-state index >= 15 is 0 Å². The predicted molar refractivity (Wildman–Crippen MR) is 122 cm³/mol. The van der Waals surface area contributed by atoms with Crippen molar-refractivity contribution in [2.24, 2.45) is 5.10 Å². The zero-order chi connectivity index (χ0) is 21.6. The molecule has 0 saturated heterocycles. The lowest BCUT2D eigenvalue weighted by Crippen LogP contribution is -2.16. The highest BCUT2D eigenvalue weighted by molar-refractivity contribution is 6.03. The fourth-order valence-electron chi connectivity index (χ4n) is 3.28. The molecule has 1 aromatic heterocycles. The topological polar surface area (TPSA) is 73.1 Å². The molecule has 0 saturated carbocycles. The Balaban J connectivity index is 1.56. The summed E-state index contributed by atoms with van der Waals surface area (Å²) in [5.41, 5.74) is 3.90. The smallest absolute Gasteiger partial charge is 0.307 e. The normalized spacial score (nSPS) is 11.1. The number of amides is 1. The molecule has 6 nitrogen and oxygen atoms in total. The first kappa shape index (κ1) is 20.2. The summed E-state index contributed by atoms with van der Waals surface area (Å²) in [4.78, 5) is 12.5. The van der Waals surface area contributed by atoms with Gasteiger partial charge in [-0.15, -0.1) is 0 Å². The predicted octanol–water partition coefficient (Wildman–Crippen LogP) is 5.31. The summed E-state index contributed by atoms with van der Waals surface area (Å²) >= 11 is 0. The largest absolute Gasteiger partial charge is 0.494 e. The number of carbonyl (C=O) groups excluding carboxylic acids is 1. The van der Waals surface area contributed by atoms with Gasteiger partial charge in [-0.1, -0.05) is 43.0 Å². The van der Waals surface area contributed by atoms with E-state index in [9.17, 15) is 4.79 Å². The molecule has 0 radical (unpaired) electrons. The van der Waals surface area contributed by atoms with Gasteiger partial charge in [0.25, 0.3) is 0 Å². The molecule has 0 unspecified atom stereocenters. The van der Waals surface area contributed by atoms with E-state index in [2.05, 4.69) is 17.1 Å². The lowest BCUT2D eigenvalue weighted by Gasteiger charge is -2.10. The van der Waals surface area contributed by atoms with Gasteiger partial charge >= 0.3 is 5.91 Å². The van der Waals surface area contributed by atoms with Gasteiger partial charge in [0.05, 0.1) is 12.8 Å². The van der Waals surface area contributed by atoms with E-state index < -0.39 is 5.91 Å². The van der Waals surface area contributed by atoms with E-state index in [0.717, 1.165) is 27.5 Å². The van der Waals surface area contributed by atoms with Crippen LogP contribution in [0.3, 0.4) is 0 Å². The lowest BCUT2D eigenvalue weighted by molar-refractivity contribution is 0.0929. The number of benzene rings is 3. The number of rotatable bonds is 8. The van der Waals surface area contributed by atoms with Crippen LogP contribution in [0.5, 0.6) is 11.5 Å². The monoisotopic (exact) mass is 414 g/mol. The maximum atomic E-state index is 12.5. The first-order valence-electron chi connectivity index (χ1n) is 9.95. The van der Waals surface area contributed by atoms with Crippen molar-refractivity contribution < 1.29 is 18.7 Å². The highest BCUT2D eigenvalue weighted by Crippen LogP contribution is 2.27. The third-order valence-electron chi connectivity index (χ3n) is 4.67. The molecule has 0 fully saturated rings. The SMILES string of the molecule is C=CCOc1ccc2ccccc2c1/C=N/NC(=O)c1cc2cc(OCC)ccc2o1. The molecule has 0 aliphatic carbocycles. The van der Waals surface area contributed by atoms with Gasteiger partial charge in [-0.3, -0.25) is 4.79 Å². The van der Waals surface area contributed by atoms with E-state index in [1.807, 2.05) is 49.4 Å². The molecule has 156 valence electrons. The van der Waals surface area contributed by atoms with Crippen LogP contribution in [0, 0.1) is 0 Å². The molecular weight excluding hydrogens is 392 g/mol. The third kappa shape index (κ3) is 4.43. The number of ether oxygens (including phenoxy) is 2. The van der Waals surface area contributed by atoms with Gasteiger partial charge in [-0.25, -0.2) is 5.43 Å². The molecule has 0 bridgehead atoms. The first-order chi connectivity index (χ1) is 15.2. The molecular formula is C25H22N2O4. The number of fused-ring (bicyclic) bond motifs is 2. The molecule has 31 heavy (non-hydrogen) atoms. The number of hydrazone groups is 1.